The first-order valence-corrected chi connectivity index (χ1v) is 11.7. The van der Waals surface area contributed by atoms with E-state index in [2.05, 4.69) is 0 Å². The lowest BCUT2D eigenvalue weighted by molar-refractivity contribution is 0.0717. The predicted octanol–water partition coefficient (Wildman–Crippen LogP) is 4.00. The molecule has 0 spiro atoms. The highest BCUT2D eigenvalue weighted by Gasteiger charge is 2.31. The van der Waals surface area contributed by atoms with Crippen LogP contribution < -0.4 is 0 Å². The molecule has 3 aromatic rings. The third-order valence-corrected chi connectivity index (χ3v) is 7.70. The van der Waals surface area contributed by atoms with Gasteiger partial charge in [0, 0.05) is 37.1 Å². The number of sulfonamides is 1. The number of carbonyl (C=O) groups excluding carboxylic acids is 1. The second kappa shape index (κ2) is 8.62. The summed E-state index contributed by atoms with van der Waals surface area (Å²) in [6.07, 6.45) is 3.04. The molecule has 0 N–H and O–H groups in total. The summed E-state index contributed by atoms with van der Waals surface area (Å²) in [5.41, 5.74) is 1.37. The molecule has 6 nitrogen and oxygen atoms in total. The molecule has 0 saturated carbocycles. The number of amides is 1. The molecule has 30 heavy (non-hydrogen) atoms. The van der Waals surface area contributed by atoms with Gasteiger partial charge < -0.3 is 9.32 Å². The number of benzene rings is 2. The Morgan fingerprint density at radius 3 is 2.53 bits per heavy atom. The Labute approximate surface area is 177 Å². The van der Waals surface area contributed by atoms with Gasteiger partial charge in [0.1, 0.15) is 5.58 Å². The number of nitrogens with zero attached hydrogens (tertiary/aromatic N) is 2. The number of hydrogen-bond acceptors (Lipinski definition) is 4. The molecule has 0 atom stereocenters. The maximum absolute atomic E-state index is 13.1. The zero-order valence-electron chi connectivity index (χ0n) is 17.0. The van der Waals surface area contributed by atoms with Crippen LogP contribution in [0.25, 0.3) is 11.0 Å². The van der Waals surface area contributed by atoms with E-state index in [1.807, 2.05) is 42.2 Å². The second-order valence-electron chi connectivity index (χ2n) is 7.68. The lowest BCUT2D eigenvalue weighted by Crippen LogP contribution is -2.42. The van der Waals surface area contributed by atoms with Crippen LogP contribution in [0.5, 0.6) is 0 Å². The number of furan rings is 1. The van der Waals surface area contributed by atoms with Crippen molar-refractivity contribution in [2.24, 2.45) is 5.92 Å². The standard InChI is InChI=1S/C23H26N2O4S/c1-2-24(23(26)19-6-4-3-5-7-19)17-18-10-13-25(14-11-18)30(27,28)21-8-9-22-20(16-21)12-15-29-22/h3-9,12,15-16,18H,2,10-11,13-14,17H2,1H3. The summed E-state index contributed by atoms with van der Waals surface area (Å²) in [7, 11) is -3.54. The molecule has 1 amide bonds. The van der Waals surface area contributed by atoms with Gasteiger partial charge >= 0.3 is 0 Å². The number of piperidine rings is 1. The average molecular weight is 427 g/mol. The van der Waals surface area contributed by atoms with Crippen LogP contribution in [0.3, 0.4) is 0 Å². The zero-order valence-corrected chi connectivity index (χ0v) is 17.8. The first kappa shape index (κ1) is 20.6. The van der Waals surface area contributed by atoms with Crippen LogP contribution in [0.15, 0.2) is 70.2 Å². The summed E-state index contributed by atoms with van der Waals surface area (Å²) >= 11 is 0. The lowest BCUT2D eigenvalue weighted by atomic mass is 9.97. The Hall–Kier alpha value is -2.64. The Kier molecular flexibility index (Phi) is 5.92. The molecule has 0 unspecified atom stereocenters. The van der Waals surface area contributed by atoms with Crippen LogP contribution in [-0.2, 0) is 10.0 Å². The zero-order chi connectivity index (χ0) is 21.1. The number of fused-ring (bicyclic) bond motifs is 1. The molecule has 2 heterocycles. The van der Waals surface area contributed by atoms with E-state index in [9.17, 15) is 13.2 Å². The van der Waals surface area contributed by atoms with Crippen molar-refractivity contribution in [3.05, 3.63) is 66.4 Å². The van der Waals surface area contributed by atoms with Gasteiger partial charge in [-0.2, -0.15) is 4.31 Å². The van der Waals surface area contributed by atoms with E-state index in [0.717, 1.165) is 18.2 Å². The molecular weight excluding hydrogens is 400 g/mol. The van der Waals surface area contributed by atoms with Crippen molar-refractivity contribution in [2.75, 3.05) is 26.2 Å². The third-order valence-electron chi connectivity index (χ3n) is 5.80. The van der Waals surface area contributed by atoms with Gasteiger partial charge in [0.2, 0.25) is 10.0 Å². The quantitative estimate of drug-likeness (QED) is 0.597. The van der Waals surface area contributed by atoms with E-state index < -0.39 is 10.0 Å². The Bertz CT molecular complexity index is 1120. The highest BCUT2D eigenvalue weighted by Crippen LogP contribution is 2.27. The van der Waals surface area contributed by atoms with Crippen molar-refractivity contribution in [3.63, 3.8) is 0 Å². The summed E-state index contributed by atoms with van der Waals surface area (Å²) < 4.78 is 33.0. The van der Waals surface area contributed by atoms with Crippen LogP contribution in [0, 0.1) is 5.92 Å². The lowest BCUT2D eigenvalue weighted by Gasteiger charge is -2.34. The molecular formula is C23H26N2O4S. The second-order valence-corrected chi connectivity index (χ2v) is 9.62. The van der Waals surface area contributed by atoms with Gasteiger partial charge in [0.15, 0.2) is 0 Å². The molecule has 1 aliphatic heterocycles. The van der Waals surface area contributed by atoms with Crippen molar-refractivity contribution < 1.29 is 17.6 Å². The Morgan fingerprint density at radius 2 is 1.83 bits per heavy atom. The highest BCUT2D eigenvalue weighted by molar-refractivity contribution is 7.89. The van der Waals surface area contributed by atoms with E-state index >= 15 is 0 Å². The Morgan fingerprint density at radius 1 is 1.10 bits per heavy atom. The maximum atomic E-state index is 13.1. The predicted molar refractivity (Wildman–Crippen MR) is 116 cm³/mol. The molecule has 7 heteroatoms. The van der Waals surface area contributed by atoms with Crippen LogP contribution >= 0.6 is 0 Å². The van der Waals surface area contributed by atoms with E-state index in [-0.39, 0.29) is 5.91 Å². The summed E-state index contributed by atoms with van der Waals surface area (Å²) in [6.45, 7) is 4.20. The summed E-state index contributed by atoms with van der Waals surface area (Å²) in [5.74, 6) is 0.321. The van der Waals surface area contributed by atoms with Crippen LogP contribution in [0.1, 0.15) is 30.1 Å². The SMILES string of the molecule is CCN(CC1CCN(S(=O)(=O)c2ccc3occc3c2)CC1)C(=O)c1ccccc1. The first-order valence-electron chi connectivity index (χ1n) is 10.3. The fourth-order valence-electron chi connectivity index (χ4n) is 4.02. The van der Waals surface area contributed by atoms with E-state index in [4.69, 9.17) is 4.42 Å². The molecule has 1 aliphatic rings. The van der Waals surface area contributed by atoms with Gasteiger partial charge in [-0.15, -0.1) is 0 Å². The van der Waals surface area contributed by atoms with Crippen LogP contribution in [0.4, 0.5) is 0 Å². The largest absolute Gasteiger partial charge is 0.464 e. The van der Waals surface area contributed by atoms with Crippen LogP contribution in [0.2, 0.25) is 0 Å². The van der Waals surface area contributed by atoms with Gasteiger partial charge in [0.05, 0.1) is 11.2 Å². The molecule has 158 valence electrons. The van der Waals surface area contributed by atoms with Crippen molar-refractivity contribution in [1.29, 1.82) is 0 Å². The van der Waals surface area contributed by atoms with E-state index in [1.54, 1.807) is 34.8 Å². The fraction of sp³-hybridized carbons (Fsp3) is 0.348. The molecule has 1 saturated heterocycles. The van der Waals surface area contributed by atoms with Gasteiger partial charge in [-0.3, -0.25) is 4.79 Å². The molecule has 0 radical (unpaired) electrons. The van der Waals surface area contributed by atoms with Crippen molar-refractivity contribution in [1.82, 2.24) is 9.21 Å². The van der Waals surface area contributed by atoms with Crippen molar-refractivity contribution in [3.8, 4) is 0 Å². The fourth-order valence-corrected chi connectivity index (χ4v) is 5.52. The van der Waals surface area contributed by atoms with Gasteiger partial charge in [-0.25, -0.2) is 8.42 Å². The van der Waals surface area contributed by atoms with Crippen molar-refractivity contribution >= 4 is 26.9 Å². The third kappa shape index (κ3) is 4.13. The van der Waals surface area contributed by atoms with Crippen molar-refractivity contribution in [2.45, 2.75) is 24.7 Å². The number of carbonyl (C=O) groups is 1. The average Bonchev–Trinajstić information content (AvgIpc) is 3.26. The number of hydrogen-bond donors (Lipinski definition) is 0. The van der Waals surface area contributed by atoms with E-state index in [0.29, 0.717) is 48.1 Å². The molecule has 1 fully saturated rings. The summed E-state index contributed by atoms with van der Waals surface area (Å²) in [4.78, 5) is 14.9. The molecule has 1 aromatic heterocycles. The topological polar surface area (TPSA) is 70.8 Å². The number of rotatable bonds is 6. The summed E-state index contributed by atoms with van der Waals surface area (Å²) in [5, 5.41) is 0.781. The molecule has 0 aliphatic carbocycles. The minimum Gasteiger partial charge on any atom is -0.464 e. The van der Waals surface area contributed by atoms with Gasteiger partial charge in [-0.1, -0.05) is 18.2 Å². The minimum absolute atomic E-state index is 0.0292. The van der Waals surface area contributed by atoms with Crippen LogP contribution in [-0.4, -0.2) is 49.7 Å². The maximum Gasteiger partial charge on any atom is 0.253 e. The molecule has 2 aromatic carbocycles. The summed E-state index contributed by atoms with van der Waals surface area (Å²) in [6, 6.07) is 16.0. The van der Waals surface area contributed by atoms with Gasteiger partial charge in [0.25, 0.3) is 5.91 Å². The molecule has 4 rings (SSSR count). The Balaban J connectivity index is 1.39. The first-order chi connectivity index (χ1) is 14.5. The van der Waals surface area contributed by atoms with E-state index in [1.165, 1.54) is 0 Å². The highest BCUT2D eigenvalue weighted by atomic mass is 32.2. The smallest absolute Gasteiger partial charge is 0.253 e. The monoisotopic (exact) mass is 426 g/mol. The minimum atomic E-state index is -3.54. The van der Waals surface area contributed by atoms with Gasteiger partial charge in [-0.05, 0) is 62.1 Å². The molecule has 0 bridgehead atoms. The normalized spacial score (nSPS) is 16.0.